The Morgan fingerprint density at radius 1 is 1.12 bits per heavy atom. The molecular formula is C21H20FNO3. The number of anilines is 1. The van der Waals surface area contributed by atoms with Gasteiger partial charge in [-0.3, -0.25) is 0 Å². The van der Waals surface area contributed by atoms with Crippen LogP contribution in [0.2, 0.25) is 0 Å². The van der Waals surface area contributed by atoms with Crippen molar-refractivity contribution in [3.63, 3.8) is 0 Å². The van der Waals surface area contributed by atoms with E-state index in [1.54, 1.807) is 30.3 Å². The van der Waals surface area contributed by atoms with Crippen molar-refractivity contribution in [1.29, 1.82) is 0 Å². The standard InChI is InChI=1S/C21H20FNO3/c1-14-12-23(13-15(2)26-14)20-10-7-18(21(24)25)11-17(20)6-3-16-4-8-19(22)9-5-16/h4-5,7-11,14-15H,12-13H2,1-2H3,(H,24,25)/t14-,15+. The highest BCUT2D eigenvalue weighted by Crippen LogP contribution is 2.25. The monoisotopic (exact) mass is 353 g/mol. The summed E-state index contributed by atoms with van der Waals surface area (Å²) in [5.41, 5.74) is 2.37. The van der Waals surface area contributed by atoms with E-state index in [2.05, 4.69) is 16.7 Å². The maximum atomic E-state index is 13.0. The molecule has 2 aromatic rings. The van der Waals surface area contributed by atoms with E-state index in [1.165, 1.54) is 12.1 Å². The van der Waals surface area contributed by atoms with E-state index >= 15 is 0 Å². The third-order valence-electron chi connectivity index (χ3n) is 4.19. The molecule has 4 nitrogen and oxygen atoms in total. The van der Waals surface area contributed by atoms with Crippen LogP contribution in [-0.2, 0) is 4.74 Å². The van der Waals surface area contributed by atoms with Crippen molar-refractivity contribution in [2.45, 2.75) is 26.1 Å². The maximum absolute atomic E-state index is 13.0. The summed E-state index contributed by atoms with van der Waals surface area (Å²) in [7, 11) is 0. The Balaban J connectivity index is 1.99. The smallest absolute Gasteiger partial charge is 0.335 e. The molecule has 0 saturated carbocycles. The SMILES string of the molecule is C[C@@H]1CN(c2ccc(C(=O)O)cc2C#Cc2ccc(F)cc2)C[C@H](C)O1. The zero-order valence-electron chi connectivity index (χ0n) is 14.7. The number of carboxylic acid groups (broad SMARTS) is 1. The van der Waals surface area contributed by atoms with E-state index in [0.29, 0.717) is 24.2 Å². The van der Waals surface area contributed by atoms with Crippen molar-refractivity contribution < 1.29 is 19.0 Å². The van der Waals surface area contributed by atoms with Gasteiger partial charge < -0.3 is 14.7 Å². The Labute approximate surface area is 152 Å². The van der Waals surface area contributed by atoms with Gasteiger partial charge in [-0.1, -0.05) is 11.8 Å². The lowest BCUT2D eigenvalue weighted by Gasteiger charge is -2.37. The van der Waals surface area contributed by atoms with Crippen LogP contribution in [0.4, 0.5) is 10.1 Å². The average molecular weight is 353 g/mol. The van der Waals surface area contributed by atoms with Crippen molar-refractivity contribution in [1.82, 2.24) is 0 Å². The van der Waals surface area contributed by atoms with Crippen molar-refractivity contribution >= 4 is 11.7 Å². The normalized spacial score (nSPS) is 19.6. The topological polar surface area (TPSA) is 49.8 Å². The van der Waals surface area contributed by atoms with Gasteiger partial charge in [-0.25, -0.2) is 9.18 Å². The highest BCUT2D eigenvalue weighted by atomic mass is 19.1. The number of hydrogen-bond donors (Lipinski definition) is 1. The maximum Gasteiger partial charge on any atom is 0.335 e. The van der Waals surface area contributed by atoms with E-state index < -0.39 is 5.97 Å². The second-order valence-corrected chi connectivity index (χ2v) is 6.46. The molecule has 2 atom stereocenters. The first-order chi connectivity index (χ1) is 12.4. The van der Waals surface area contributed by atoms with Gasteiger partial charge in [-0.2, -0.15) is 0 Å². The van der Waals surface area contributed by atoms with E-state index in [9.17, 15) is 14.3 Å². The van der Waals surface area contributed by atoms with Crippen molar-refractivity contribution in [2.24, 2.45) is 0 Å². The van der Waals surface area contributed by atoms with E-state index in [-0.39, 0.29) is 23.6 Å². The minimum absolute atomic E-state index is 0.0795. The fraction of sp³-hybridized carbons (Fsp3) is 0.286. The number of benzene rings is 2. The molecule has 0 spiro atoms. The Bertz CT molecular complexity index is 857. The average Bonchev–Trinajstić information content (AvgIpc) is 2.60. The summed E-state index contributed by atoms with van der Waals surface area (Å²) in [4.78, 5) is 13.5. The number of hydrogen-bond acceptors (Lipinski definition) is 3. The highest BCUT2D eigenvalue weighted by molar-refractivity contribution is 5.89. The van der Waals surface area contributed by atoms with Crippen molar-refractivity contribution in [3.8, 4) is 11.8 Å². The summed E-state index contributed by atoms with van der Waals surface area (Å²) in [5, 5.41) is 9.29. The van der Waals surface area contributed by atoms with Gasteiger partial charge in [0, 0.05) is 24.2 Å². The van der Waals surface area contributed by atoms with E-state index in [1.807, 2.05) is 13.8 Å². The van der Waals surface area contributed by atoms with Crippen LogP contribution in [-0.4, -0.2) is 36.4 Å². The molecule has 2 aromatic carbocycles. The van der Waals surface area contributed by atoms with Crippen LogP contribution in [0.3, 0.4) is 0 Å². The second-order valence-electron chi connectivity index (χ2n) is 6.46. The zero-order chi connectivity index (χ0) is 18.7. The summed E-state index contributed by atoms with van der Waals surface area (Å²) in [6, 6.07) is 10.9. The molecule has 0 amide bonds. The van der Waals surface area contributed by atoms with Crippen LogP contribution in [0, 0.1) is 17.7 Å². The fourth-order valence-corrected chi connectivity index (χ4v) is 3.09. The van der Waals surface area contributed by atoms with Gasteiger partial charge in [0.15, 0.2) is 0 Å². The van der Waals surface area contributed by atoms with Crippen molar-refractivity contribution in [2.75, 3.05) is 18.0 Å². The van der Waals surface area contributed by atoms with Gasteiger partial charge in [-0.05, 0) is 56.3 Å². The molecule has 0 aliphatic carbocycles. The number of carboxylic acids is 1. The minimum atomic E-state index is -0.995. The van der Waals surface area contributed by atoms with Crippen molar-refractivity contribution in [3.05, 3.63) is 65.0 Å². The van der Waals surface area contributed by atoms with Gasteiger partial charge in [0.2, 0.25) is 0 Å². The number of rotatable bonds is 2. The molecule has 1 aliphatic heterocycles. The predicted molar refractivity (Wildman–Crippen MR) is 98.0 cm³/mol. The summed E-state index contributed by atoms with van der Waals surface area (Å²) >= 11 is 0. The third-order valence-corrected chi connectivity index (χ3v) is 4.19. The first-order valence-electron chi connectivity index (χ1n) is 8.47. The number of halogens is 1. The summed E-state index contributed by atoms with van der Waals surface area (Å²) in [6.07, 6.45) is 0.159. The fourth-order valence-electron chi connectivity index (χ4n) is 3.09. The third kappa shape index (κ3) is 4.22. The molecule has 0 bridgehead atoms. The summed E-state index contributed by atoms with van der Waals surface area (Å²) in [6.45, 7) is 5.44. The first-order valence-corrected chi connectivity index (χ1v) is 8.47. The molecule has 0 aromatic heterocycles. The quantitative estimate of drug-likeness (QED) is 0.839. The molecular weight excluding hydrogens is 333 g/mol. The Kier molecular flexibility index (Phi) is 5.24. The number of nitrogens with zero attached hydrogens (tertiary/aromatic N) is 1. The van der Waals surface area contributed by atoms with Gasteiger partial charge in [0.25, 0.3) is 0 Å². The lowest BCUT2D eigenvalue weighted by atomic mass is 10.1. The van der Waals surface area contributed by atoms with E-state index in [0.717, 1.165) is 5.69 Å². The predicted octanol–water partition coefficient (Wildman–Crippen LogP) is 3.54. The number of morpholine rings is 1. The number of ether oxygens (including phenoxy) is 1. The Morgan fingerprint density at radius 2 is 1.77 bits per heavy atom. The Hall–Kier alpha value is -2.84. The molecule has 1 N–H and O–H groups in total. The molecule has 0 radical (unpaired) electrons. The van der Waals surface area contributed by atoms with Gasteiger partial charge in [0.05, 0.1) is 23.5 Å². The van der Waals surface area contributed by atoms with Gasteiger partial charge in [0.1, 0.15) is 5.82 Å². The molecule has 1 heterocycles. The Morgan fingerprint density at radius 3 is 2.38 bits per heavy atom. The van der Waals surface area contributed by atoms with Gasteiger partial charge >= 0.3 is 5.97 Å². The number of carbonyl (C=O) groups is 1. The van der Waals surface area contributed by atoms with Crippen LogP contribution < -0.4 is 4.90 Å². The molecule has 1 fully saturated rings. The van der Waals surface area contributed by atoms with Gasteiger partial charge in [-0.15, -0.1) is 0 Å². The molecule has 5 heteroatoms. The zero-order valence-corrected chi connectivity index (χ0v) is 14.7. The minimum Gasteiger partial charge on any atom is -0.478 e. The number of aromatic carboxylic acids is 1. The molecule has 1 saturated heterocycles. The molecule has 26 heavy (non-hydrogen) atoms. The largest absolute Gasteiger partial charge is 0.478 e. The second kappa shape index (κ2) is 7.59. The molecule has 134 valence electrons. The van der Waals surface area contributed by atoms with Crippen LogP contribution >= 0.6 is 0 Å². The molecule has 1 aliphatic rings. The highest BCUT2D eigenvalue weighted by Gasteiger charge is 2.24. The lowest BCUT2D eigenvalue weighted by molar-refractivity contribution is -0.00523. The van der Waals surface area contributed by atoms with Crippen LogP contribution in [0.25, 0.3) is 0 Å². The van der Waals surface area contributed by atoms with Crippen LogP contribution in [0.1, 0.15) is 35.3 Å². The molecule has 0 unspecified atom stereocenters. The van der Waals surface area contributed by atoms with Crippen LogP contribution in [0.5, 0.6) is 0 Å². The summed E-state index contributed by atoms with van der Waals surface area (Å²) < 4.78 is 18.8. The lowest BCUT2D eigenvalue weighted by Crippen LogP contribution is -2.45. The first kappa shape index (κ1) is 18.0. The van der Waals surface area contributed by atoms with E-state index in [4.69, 9.17) is 4.74 Å². The summed E-state index contributed by atoms with van der Waals surface area (Å²) in [5.74, 6) is 4.73. The van der Waals surface area contributed by atoms with Crippen LogP contribution in [0.15, 0.2) is 42.5 Å². The molecule has 3 rings (SSSR count).